The van der Waals surface area contributed by atoms with Gasteiger partial charge in [0.1, 0.15) is 0 Å². The van der Waals surface area contributed by atoms with Crippen molar-refractivity contribution in [1.82, 2.24) is 0 Å². The minimum atomic E-state index is -3.77. The van der Waals surface area contributed by atoms with Crippen LogP contribution in [0.25, 0.3) is 0 Å². The van der Waals surface area contributed by atoms with E-state index in [1.807, 2.05) is 6.92 Å². The Kier molecular flexibility index (Phi) is 3.89. The van der Waals surface area contributed by atoms with E-state index in [1.54, 1.807) is 0 Å². The van der Waals surface area contributed by atoms with E-state index in [9.17, 15) is 8.42 Å². The Morgan fingerprint density at radius 3 is 2.40 bits per heavy atom. The van der Waals surface area contributed by atoms with Gasteiger partial charge in [-0.05, 0) is 12.3 Å². The predicted octanol–water partition coefficient (Wildman–Crippen LogP) is 1.12. The maximum absolute atomic E-state index is 10.2. The molecule has 1 unspecified atom stereocenters. The van der Waals surface area contributed by atoms with Crippen molar-refractivity contribution in [3.05, 3.63) is 6.92 Å². The minimum absolute atomic E-state index is 0.127. The molecule has 0 aromatic carbocycles. The van der Waals surface area contributed by atoms with Crippen LogP contribution in [0.1, 0.15) is 19.8 Å². The zero-order valence-corrected chi connectivity index (χ0v) is 6.89. The maximum atomic E-state index is 10.2. The van der Waals surface area contributed by atoms with E-state index in [1.165, 1.54) is 0 Å². The summed E-state index contributed by atoms with van der Waals surface area (Å²) < 4.78 is 28.7. The SMILES string of the molecule is [CH2]C(CC)CCS(=O)(=O)O. The molecule has 0 fully saturated rings. The highest BCUT2D eigenvalue weighted by atomic mass is 32.2. The highest BCUT2D eigenvalue weighted by Crippen LogP contribution is 2.06. The fraction of sp³-hybridized carbons (Fsp3) is 0.833. The molecule has 4 heteroatoms. The molecule has 0 rings (SSSR count). The van der Waals surface area contributed by atoms with Gasteiger partial charge >= 0.3 is 0 Å². The van der Waals surface area contributed by atoms with Crippen molar-refractivity contribution in [1.29, 1.82) is 0 Å². The second kappa shape index (κ2) is 3.93. The molecule has 0 saturated heterocycles. The van der Waals surface area contributed by atoms with Gasteiger partial charge in [-0.25, -0.2) is 0 Å². The number of rotatable bonds is 4. The molecule has 1 radical (unpaired) electrons. The summed E-state index contributed by atoms with van der Waals surface area (Å²) in [7, 11) is -3.77. The Morgan fingerprint density at radius 1 is 1.60 bits per heavy atom. The third kappa shape index (κ3) is 6.04. The van der Waals surface area contributed by atoms with Crippen LogP contribution in [0, 0.1) is 12.8 Å². The molecular weight excluding hydrogens is 152 g/mol. The monoisotopic (exact) mass is 165 g/mol. The van der Waals surface area contributed by atoms with E-state index in [-0.39, 0.29) is 11.7 Å². The van der Waals surface area contributed by atoms with E-state index in [4.69, 9.17) is 4.55 Å². The van der Waals surface area contributed by atoms with Crippen LogP contribution in [0.4, 0.5) is 0 Å². The van der Waals surface area contributed by atoms with Crippen LogP contribution < -0.4 is 0 Å². The zero-order chi connectivity index (χ0) is 8.20. The largest absolute Gasteiger partial charge is 0.286 e. The summed E-state index contributed by atoms with van der Waals surface area (Å²) in [5.74, 6) is -0.0448. The second-order valence-electron chi connectivity index (χ2n) is 2.35. The molecule has 0 aliphatic carbocycles. The van der Waals surface area contributed by atoms with Crippen molar-refractivity contribution >= 4 is 10.1 Å². The summed E-state index contributed by atoms with van der Waals surface area (Å²) in [6, 6.07) is 0. The molecule has 0 aliphatic rings. The lowest BCUT2D eigenvalue weighted by molar-refractivity contribution is 0.473. The summed E-state index contributed by atoms with van der Waals surface area (Å²) in [4.78, 5) is 0. The van der Waals surface area contributed by atoms with Gasteiger partial charge in [0.15, 0.2) is 0 Å². The lowest BCUT2D eigenvalue weighted by Crippen LogP contribution is -2.07. The Labute approximate surface area is 62.2 Å². The van der Waals surface area contributed by atoms with Crippen molar-refractivity contribution in [3.63, 3.8) is 0 Å². The first-order valence-corrected chi connectivity index (χ1v) is 4.85. The highest BCUT2D eigenvalue weighted by molar-refractivity contribution is 7.85. The number of hydrogen-bond acceptors (Lipinski definition) is 2. The summed E-state index contributed by atoms with van der Waals surface area (Å²) in [6.07, 6.45) is 1.28. The first kappa shape index (κ1) is 9.91. The molecule has 0 aromatic heterocycles. The Morgan fingerprint density at radius 2 is 2.10 bits per heavy atom. The third-order valence-electron chi connectivity index (χ3n) is 1.36. The lowest BCUT2D eigenvalue weighted by atomic mass is 10.1. The molecule has 1 atom stereocenters. The van der Waals surface area contributed by atoms with Crippen LogP contribution >= 0.6 is 0 Å². The minimum Gasteiger partial charge on any atom is -0.286 e. The Hall–Kier alpha value is -0.0900. The van der Waals surface area contributed by atoms with E-state index in [2.05, 4.69) is 6.92 Å². The van der Waals surface area contributed by atoms with Crippen LogP contribution in [0.3, 0.4) is 0 Å². The van der Waals surface area contributed by atoms with E-state index < -0.39 is 10.1 Å². The molecule has 0 aliphatic heterocycles. The zero-order valence-electron chi connectivity index (χ0n) is 6.08. The molecule has 0 aromatic rings. The number of hydrogen-bond donors (Lipinski definition) is 1. The topological polar surface area (TPSA) is 54.4 Å². The normalized spacial score (nSPS) is 15.1. The van der Waals surface area contributed by atoms with Crippen LogP contribution in [0.2, 0.25) is 0 Å². The first-order valence-electron chi connectivity index (χ1n) is 3.24. The van der Waals surface area contributed by atoms with Crippen LogP contribution in [0.15, 0.2) is 0 Å². The van der Waals surface area contributed by atoms with Crippen molar-refractivity contribution in [3.8, 4) is 0 Å². The molecular formula is C6H13O3S. The molecule has 0 bridgehead atoms. The fourth-order valence-electron chi connectivity index (χ4n) is 0.520. The van der Waals surface area contributed by atoms with E-state index >= 15 is 0 Å². The van der Waals surface area contributed by atoms with Crippen molar-refractivity contribution in [2.75, 3.05) is 5.75 Å². The smallest absolute Gasteiger partial charge is 0.264 e. The van der Waals surface area contributed by atoms with E-state index in [0.717, 1.165) is 6.42 Å². The maximum Gasteiger partial charge on any atom is 0.264 e. The van der Waals surface area contributed by atoms with Gasteiger partial charge in [-0.2, -0.15) is 8.42 Å². The van der Waals surface area contributed by atoms with Gasteiger partial charge in [0, 0.05) is 0 Å². The van der Waals surface area contributed by atoms with Gasteiger partial charge in [-0.3, -0.25) is 4.55 Å². The molecule has 0 saturated carbocycles. The highest BCUT2D eigenvalue weighted by Gasteiger charge is 2.06. The van der Waals surface area contributed by atoms with Crippen molar-refractivity contribution in [2.45, 2.75) is 19.8 Å². The van der Waals surface area contributed by atoms with Crippen LogP contribution in [-0.4, -0.2) is 18.7 Å². The average Bonchev–Trinajstić information content (AvgIpc) is 1.81. The molecule has 10 heavy (non-hydrogen) atoms. The quantitative estimate of drug-likeness (QED) is 0.635. The van der Waals surface area contributed by atoms with Gasteiger partial charge in [0.2, 0.25) is 0 Å². The Bertz CT molecular complexity index is 171. The molecule has 61 valence electrons. The molecule has 0 heterocycles. The lowest BCUT2D eigenvalue weighted by Gasteiger charge is -2.04. The molecule has 3 nitrogen and oxygen atoms in total. The van der Waals surface area contributed by atoms with Crippen LogP contribution in [-0.2, 0) is 10.1 Å². The first-order chi connectivity index (χ1) is 4.45. The summed E-state index contributed by atoms with van der Waals surface area (Å²) in [5.41, 5.74) is 0. The van der Waals surface area contributed by atoms with Gasteiger partial charge in [-0.1, -0.05) is 20.3 Å². The third-order valence-corrected chi connectivity index (χ3v) is 2.11. The fourth-order valence-corrected chi connectivity index (χ4v) is 1.15. The van der Waals surface area contributed by atoms with Gasteiger partial charge in [0.25, 0.3) is 10.1 Å². The van der Waals surface area contributed by atoms with Gasteiger partial charge < -0.3 is 0 Å². The summed E-state index contributed by atoms with van der Waals surface area (Å²) in [5, 5.41) is 0. The molecule has 0 spiro atoms. The Balaban J connectivity index is 3.56. The van der Waals surface area contributed by atoms with Crippen molar-refractivity contribution < 1.29 is 13.0 Å². The van der Waals surface area contributed by atoms with E-state index in [0.29, 0.717) is 6.42 Å². The van der Waals surface area contributed by atoms with Gasteiger partial charge in [0.05, 0.1) is 5.75 Å². The standard InChI is InChI=1S/C6H13O3S/c1-3-6(2)4-5-10(7,8)9/h6H,2-5H2,1H3,(H,7,8,9). The molecule has 1 N–H and O–H groups in total. The van der Waals surface area contributed by atoms with Crippen LogP contribution in [0.5, 0.6) is 0 Å². The summed E-state index contributed by atoms with van der Waals surface area (Å²) >= 11 is 0. The second-order valence-corrected chi connectivity index (χ2v) is 3.92. The summed E-state index contributed by atoms with van der Waals surface area (Å²) in [6.45, 7) is 5.62. The molecule has 0 amide bonds. The predicted molar refractivity (Wildman–Crippen MR) is 40.2 cm³/mol. The van der Waals surface area contributed by atoms with Crippen molar-refractivity contribution in [2.24, 2.45) is 5.92 Å². The average molecular weight is 165 g/mol. The van der Waals surface area contributed by atoms with Gasteiger partial charge in [-0.15, -0.1) is 0 Å².